The van der Waals surface area contributed by atoms with Gasteiger partial charge in [-0.1, -0.05) is 18.2 Å². The number of nitrogens with zero attached hydrogens (tertiary/aromatic N) is 9. The maximum atomic E-state index is 13.4. The second-order valence-electron chi connectivity index (χ2n) is 17.9. The van der Waals surface area contributed by atoms with Crippen LogP contribution in [0.15, 0.2) is 79.1 Å². The molecule has 10 rings (SSSR count). The van der Waals surface area contributed by atoms with E-state index in [4.69, 9.17) is 20.6 Å². The summed E-state index contributed by atoms with van der Waals surface area (Å²) in [6.07, 6.45) is 7.49. The number of anilines is 2. The Morgan fingerprint density at radius 3 is 2.23 bits per heavy atom. The zero-order valence-corrected chi connectivity index (χ0v) is 36.1. The van der Waals surface area contributed by atoms with Crippen molar-refractivity contribution in [1.29, 1.82) is 0 Å². The van der Waals surface area contributed by atoms with Gasteiger partial charge in [0.15, 0.2) is 5.65 Å². The van der Waals surface area contributed by atoms with Crippen molar-refractivity contribution in [3.8, 4) is 22.8 Å². The summed E-state index contributed by atoms with van der Waals surface area (Å²) in [7, 11) is 0. The summed E-state index contributed by atoms with van der Waals surface area (Å²) < 4.78 is 8.13. The molecule has 2 aromatic heterocycles. The van der Waals surface area contributed by atoms with E-state index in [0.717, 1.165) is 136 Å². The molecule has 2 unspecified atom stereocenters. The zero-order chi connectivity index (χ0) is 43.7. The van der Waals surface area contributed by atoms with Gasteiger partial charge in [0.2, 0.25) is 11.8 Å². The number of para-hydroxylation sites is 1. The third kappa shape index (κ3) is 8.56. The van der Waals surface area contributed by atoms with Gasteiger partial charge in [0.1, 0.15) is 35.4 Å². The summed E-state index contributed by atoms with van der Waals surface area (Å²) in [5, 5.41) is 8.23. The Morgan fingerprint density at radius 2 is 1.47 bits per heavy atom. The van der Waals surface area contributed by atoms with E-state index in [1.54, 1.807) is 18.5 Å². The molecular formula is C48H55N11O5. The number of imide groups is 2. The Labute approximate surface area is 372 Å². The molecule has 3 aromatic carbocycles. The van der Waals surface area contributed by atoms with Gasteiger partial charge in [0, 0.05) is 56.9 Å². The number of likely N-dealkylation sites (tertiary alicyclic amines) is 2. The first kappa shape index (κ1) is 41.8. The van der Waals surface area contributed by atoms with Crippen LogP contribution in [0.2, 0.25) is 0 Å². The molecule has 332 valence electrons. The third-order valence-corrected chi connectivity index (χ3v) is 13.8. The number of piperazine rings is 1. The number of amides is 4. The van der Waals surface area contributed by atoms with Crippen LogP contribution in [-0.4, -0.2) is 141 Å². The Hall–Kier alpha value is -6.23. The van der Waals surface area contributed by atoms with Crippen molar-refractivity contribution in [3.63, 3.8) is 0 Å². The molecule has 0 aliphatic carbocycles. The highest BCUT2D eigenvalue weighted by Gasteiger charge is 2.45. The van der Waals surface area contributed by atoms with Crippen molar-refractivity contribution in [3.05, 3.63) is 90.3 Å². The molecule has 0 spiro atoms. The topological polar surface area (TPSA) is 175 Å². The Kier molecular flexibility index (Phi) is 11.8. The van der Waals surface area contributed by atoms with Crippen molar-refractivity contribution >= 4 is 46.2 Å². The van der Waals surface area contributed by atoms with E-state index < -0.39 is 23.8 Å². The van der Waals surface area contributed by atoms with Crippen molar-refractivity contribution in [1.82, 2.24) is 44.7 Å². The number of piperidine rings is 3. The van der Waals surface area contributed by atoms with Crippen LogP contribution < -0.4 is 20.7 Å². The number of rotatable bonds is 12. The molecule has 16 nitrogen and oxygen atoms in total. The minimum Gasteiger partial charge on any atom is -0.457 e. The molecular weight excluding hydrogens is 811 g/mol. The van der Waals surface area contributed by atoms with Gasteiger partial charge in [-0.3, -0.25) is 34.3 Å². The summed E-state index contributed by atoms with van der Waals surface area (Å²) in [6, 6.07) is 22.3. The van der Waals surface area contributed by atoms with E-state index in [-0.39, 0.29) is 24.8 Å². The summed E-state index contributed by atoms with van der Waals surface area (Å²) >= 11 is 0. The summed E-state index contributed by atoms with van der Waals surface area (Å²) in [6.45, 7) is 11.1. The van der Waals surface area contributed by atoms with Gasteiger partial charge in [-0.15, -0.1) is 0 Å². The molecule has 5 aromatic rings. The average molecular weight is 866 g/mol. The van der Waals surface area contributed by atoms with Gasteiger partial charge < -0.3 is 25.2 Å². The van der Waals surface area contributed by atoms with Gasteiger partial charge in [0.05, 0.1) is 22.6 Å². The number of benzene rings is 3. The Morgan fingerprint density at radius 1 is 0.734 bits per heavy atom. The van der Waals surface area contributed by atoms with Crippen molar-refractivity contribution < 1.29 is 23.9 Å². The number of nitrogens with one attached hydrogen (secondary N) is 1. The predicted molar refractivity (Wildman–Crippen MR) is 242 cm³/mol. The van der Waals surface area contributed by atoms with Gasteiger partial charge in [-0.25, -0.2) is 14.6 Å². The number of carbonyl (C=O) groups is 4. The van der Waals surface area contributed by atoms with E-state index in [0.29, 0.717) is 22.9 Å². The van der Waals surface area contributed by atoms with Gasteiger partial charge in [-0.2, -0.15) is 5.10 Å². The monoisotopic (exact) mass is 865 g/mol. The van der Waals surface area contributed by atoms with Crippen molar-refractivity contribution in [2.75, 3.05) is 82.6 Å². The highest BCUT2D eigenvalue weighted by atomic mass is 16.5. The average Bonchev–Trinajstić information content (AvgIpc) is 3.83. The highest BCUT2D eigenvalue weighted by Crippen LogP contribution is 2.36. The standard InChI is InChI=1S/C48H55N11O5/c49-44-42-43(33-9-12-37(13-10-33)64-36-7-2-1-3-8-36)53-59(45(42)51-31-50-44)35-6-4-19-56(30-35)29-32-17-22-54(23-18-32)20-5-21-55-24-26-57(27-25-55)34-11-14-38-39(28-34)48(63)58(47(38)62)40-15-16-41(60)52-46(40)61/h1-3,7-14,28,31-32,35,40H,4-6,15-27,29-30H2,(H2,49,50,51)(H,52,60,61). The quantitative estimate of drug-likeness (QED) is 0.163. The number of carbonyl (C=O) groups excluding carboxylic acids is 4. The molecule has 5 aliphatic heterocycles. The van der Waals surface area contributed by atoms with Crippen LogP contribution in [-0.2, 0) is 9.59 Å². The molecule has 4 amide bonds. The van der Waals surface area contributed by atoms with Crippen LogP contribution in [0.5, 0.6) is 11.5 Å². The van der Waals surface area contributed by atoms with E-state index in [1.165, 1.54) is 12.8 Å². The number of aromatic nitrogens is 4. The first-order chi connectivity index (χ1) is 31.3. The molecule has 5 aliphatic rings. The number of hydrogen-bond donors (Lipinski definition) is 2. The van der Waals surface area contributed by atoms with Crippen LogP contribution in [0.25, 0.3) is 22.3 Å². The van der Waals surface area contributed by atoms with Crippen LogP contribution >= 0.6 is 0 Å². The molecule has 7 heterocycles. The van der Waals surface area contributed by atoms with E-state index in [9.17, 15) is 19.2 Å². The second kappa shape index (κ2) is 18.1. The second-order valence-corrected chi connectivity index (χ2v) is 17.9. The lowest BCUT2D eigenvalue weighted by molar-refractivity contribution is -0.136. The number of nitrogen functional groups attached to an aromatic ring is 1. The molecule has 4 saturated heterocycles. The first-order valence-electron chi connectivity index (χ1n) is 22.9. The van der Waals surface area contributed by atoms with Crippen molar-refractivity contribution in [2.24, 2.45) is 5.92 Å². The summed E-state index contributed by atoms with van der Waals surface area (Å²) in [5.41, 5.74) is 10.6. The Balaban J connectivity index is 0.674. The number of fused-ring (bicyclic) bond motifs is 2. The SMILES string of the molecule is Nc1ncnc2c1c(-c1ccc(Oc3ccccc3)cc1)nn2C1CCCN(CC2CCN(CCCN3CCN(c4ccc5c(c4)C(=O)N(C4CCC(=O)NC4=O)C5=O)CC3)CC2)C1. The van der Waals surface area contributed by atoms with Crippen molar-refractivity contribution in [2.45, 2.75) is 57.0 Å². The van der Waals surface area contributed by atoms with Gasteiger partial charge in [0.25, 0.3) is 11.8 Å². The van der Waals surface area contributed by atoms with Crippen LogP contribution in [0.1, 0.15) is 71.7 Å². The molecule has 2 atom stereocenters. The van der Waals surface area contributed by atoms with E-state index >= 15 is 0 Å². The number of nitrogens with two attached hydrogens (primary N) is 1. The molecule has 0 radical (unpaired) electrons. The molecule has 0 bridgehead atoms. The maximum Gasteiger partial charge on any atom is 0.262 e. The number of hydrogen-bond acceptors (Lipinski definition) is 13. The molecule has 16 heteroatoms. The lowest BCUT2D eigenvalue weighted by Crippen LogP contribution is -2.54. The van der Waals surface area contributed by atoms with E-state index in [2.05, 4.69) is 34.6 Å². The first-order valence-corrected chi connectivity index (χ1v) is 22.9. The minimum atomic E-state index is -0.960. The zero-order valence-electron chi connectivity index (χ0n) is 36.1. The minimum absolute atomic E-state index is 0.102. The fraction of sp³-hybridized carbons (Fsp3) is 0.438. The summed E-state index contributed by atoms with van der Waals surface area (Å²) in [5.74, 6) is 0.736. The maximum absolute atomic E-state index is 13.4. The number of ether oxygens (including phenoxy) is 1. The normalized spacial score (nSPS) is 21.8. The third-order valence-electron chi connectivity index (χ3n) is 13.8. The molecule has 64 heavy (non-hydrogen) atoms. The van der Waals surface area contributed by atoms with Gasteiger partial charge in [-0.05, 0) is 132 Å². The van der Waals surface area contributed by atoms with Crippen LogP contribution in [0.4, 0.5) is 11.5 Å². The smallest absolute Gasteiger partial charge is 0.262 e. The van der Waals surface area contributed by atoms with Crippen LogP contribution in [0.3, 0.4) is 0 Å². The molecule has 4 fully saturated rings. The fourth-order valence-electron chi connectivity index (χ4n) is 10.3. The molecule has 0 saturated carbocycles. The highest BCUT2D eigenvalue weighted by molar-refractivity contribution is 6.23. The lowest BCUT2D eigenvalue weighted by Gasteiger charge is -2.39. The van der Waals surface area contributed by atoms with E-state index in [1.807, 2.05) is 60.7 Å². The largest absolute Gasteiger partial charge is 0.457 e. The fourth-order valence-corrected chi connectivity index (χ4v) is 10.3. The predicted octanol–water partition coefficient (Wildman–Crippen LogP) is 4.83. The lowest BCUT2D eigenvalue weighted by atomic mass is 9.94. The van der Waals surface area contributed by atoms with Gasteiger partial charge >= 0.3 is 0 Å². The summed E-state index contributed by atoms with van der Waals surface area (Å²) in [4.78, 5) is 70.7. The molecule has 3 N–H and O–H groups in total. The van der Waals surface area contributed by atoms with Crippen LogP contribution in [0, 0.1) is 5.92 Å². The Bertz CT molecular complexity index is 2530.